The summed E-state index contributed by atoms with van der Waals surface area (Å²) in [5, 5.41) is 24.6. The molecule has 1 aromatic rings. The van der Waals surface area contributed by atoms with Crippen LogP contribution in [0.1, 0.15) is 58.9 Å². The summed E-state index contributed by atoms with van der Waals surface area (Å²) in [6.07, 6.45) is 4.82. The lowest BCUT2D eigenvalue weighted by atomic mass is 9.39. The zero-order valence-corrected chi connectivity index (χ0v) is 22.3. The Morgan fingerprint density at radius 2 is 1.86 bits per heavy atom. The highest BCUT2D eigenvalue weighted by Crippen LogP contribution is 2.69. The molecule has 0 bridgehead atoms. The van der Waals surface area contributed by atoms with Crippen LogP contribution in [0.25, 0.3) is 6.08 Å². The summed E-state index contributed by atoms with van der Waals surface area (Å²) in [5.41, 5.74) is -1.36. The summed E-state index contributed by atoms with van der Waals surface area (Å²) in [4.78, 5) is 25.5. The van der Waals surface area contributed by atoms with E-state index in [1.807, 2.05) is 58.0 Å². The number of ether oxygens (including phenoxy) is 3. The summed E-state index contributed by atoms with van der Waals surface area (Å²) in [5.74, 6) is -3.16. The van der Waals surface area contributed by atoms with E-state index in [4.69, 9.17) is 14.2 Å². The van der Waals surface area contributed by atoms with Crippen molar-refractivity contribution in [2.24, 2.45) is 28.6 Å². The van der Waals surface area contributed by atoms with Crippen LogP contribution in [0, 0.1) is 28.6 Å². The second kappa shape index (κ2) is 8.79. The third kappa shape index (κ3) is 3.65. The normalized spacial score (nSPS) is 42.3. The summed E-state index contributed by atoms with van der Waals surface area (Å²) in [6, 6.07) is 9.41. The zero-order chi connectivity index (χ0) is 26.8. The summed E-state index contributed by atoms with van der Waals surface area (Å²) in [7, 11) is 1.53. The minimum atomic E-state index is -1.52. The van der Waals surface area contributed by atoms with Crippen LogP contribution >= 0.6 is 0 Å². The van der Waals surface area contributed by atoms with Crippen LogP contribution in [0.3, 0.4) is 0 Å². The molecule has 1 aliphatic heterocycles. The Morgan fingerprint density at radius 3 is 2.54 bits per heavy atom. The number of carbonyl (C=O) groups excluding carboxylic acids is 2. The fourth-order valence-corrected chi connectivity index (χ4v) is 8.26. The van der Waals surface area contributed by atoms with Crippen molar-refractivity contribution in [1.29, 1.82) is 0 Å². The first-order valence-electron chi connectivity index (χ1n) is 13.2. The number of rotatable bonds is 4. The van der Waals surface area contributed by atoms with Crippen molar-refractivity contribution in [3.8, 4) is 0 Å². The van der Waals surface area contributed by atoms with Crippen molar-refractivity contribution >= 4 is 18.0 Å². The Labute approximate surface area is 218 Å². The molecule has 2 N–H and O–H groups in total. The molecular formula is C30H38O7. The first-order chi connectivity index (χ1) is 17.4. The average Bonchev–Trinajstić information content (AvgIpc) is 3.21. The van der Waals surface area contributed by atoms with E-state index in [1.165, 1.54) is 19.3 Å². The zero-order valence-electron chi connectivity index (χ0n) is 22.3. The van der Waals surface area contributed by atoms with Crippen molar-refractivity contribution in [2.45, 2.75) is 77.0 Å². The van der Waals surface area contributed by atoms with Crippen LogP contribution < -0.4 is 0 Å². The monoisotopic (exact) mass is 510 g/mol. The van der Waals surface area contributed by atoms with Gasteiger partial charge in [-0.25, -0.2) is 9.59 Å². The predicted molar refractivity (Wildman–Crippen MR) is 137 cm³/mol. The minimum Gasteiger partial charge on any atom is -0.453 e. The van der Waals surface area contributed by atoms with Gasteiger partial charge in [-0.1, -0.05) is 64.4 Å². The molecule has 0 aromatic heterocycles. The largest absolute Gasteiger partial charge is 0.453 e. The smallest absolute Gasteiger partial charge is 0.333 e. The Hall–Kier alpha value is -2.48. The van der Waals surface area contributed by atoms with Gasteiger partial charge >= 0.3 is 11.9 Å². The molecule has 3 saturated carbocycles. The quantitative estimate of drug-likeness (QED) is 0.466. The maximum Gasteiger partial charge on any atom is 0.333 e. The SMILES string of the molecule is CO[C@]12C[C@H]3[C@@H]([C@@H](O)[C@@H](OC(=O)C=Cc4ccccc4)[C@@]4(O)C(C)(C)CCC[C@]34C)[C@H](C)C1=CC(=O)O2. The molecule has 1 aromatic carbocycles. The molecular weight excluding hydrogens is 472 g/mol. The third-order valence-corrected chi connectivity index (χ3v) is 10.1. The van der Waals surface area contributed by atoms with E-state index < -0.39 is 46.4 Å². The lowest BCUT2D eigenvalue weighted by Gasteiger charge is -2.69. The first-order valence-corrected chi connectivity index (χ1v) is 13.2. The van der Waals surface area contributed by atoms with Gasteiger partial charge in [0.15, 0.2) is 6.10 Å². The molecule has 5 rings (SSSR count). The summed E-state index contributed by atoms with van der Waals surface area (Å²) < 4.78 is 17.6. The van der Waals surface area contributed by atoms with Crippen LogP contribution in [0.15, 0.2) is 48.1 Å². The van der Waals surface area contributed by atoms with Crippen LogP contribution in [0.5, 0.6) is 0 Å². The van der Waals surface area contributed by atoms with E-state index in [2.05, 4.69) is 0 Å². The predicted octanol–water partition coefficient (Wildman–Crippen LogP) is 4.03. The second-order valence-electron chi connectivity index (χ2n) is 12.2. The number of aliphatic hydroxyl groups excluding tert-OH is 1. The molecule has 0 saturated heterocycles. The van der Waals surface area contributed by atoms with Gasteiger partial charge in [0.05, 0.1) is 6.10 Å². The molecule has 0 radical (unpaired) electrons. The Bertz CT molecular complexity index is 1140. The van der Waals surface area contributed by atoms with E-state index in [9.17, 15) is 19.8 Å². The maximum absolute atomic E-state index is 13.1. The molecule has 37 heavy (non-hydrogen) atoms. The van der Waals surface area contributed by atoms with Gasteiger partial charge in [0, 0.05) is 36.7 Å². The van der Waals surface area contributed by atoms with Crippen LogP contribution in [0.2, 0.25) is 0 Å². The molecule has 7 nitrogen and oxygen atoms in total. The van der Waals surface area contributed by atoms with Gasteiger partial charge in [0.1, 0.15) is 5.60 Å². The third-order valence-electron chi connectivity index (χ3n) is 10.1. The number of aliphatic hydroxyl groups is 2. The molecule has 0 unspecified atom stereocenters. The number of hydrogen-bond acceptors (Lipinski definition) is 7. The number of benzene rings is 1. The van der Waals surface area contributed by atoms with Crippen molar-refractivity contribution in [2.75, 3.05) is 7.11 Å². The number of methoxy groups -OCH3 is 1. The minimum absolute atomic E-state index is 0.236. The topological polar surface area (TPSA) is 102 Å². The van der Waals surface area contributed by atoms with Crippen molar-refractivity contribution in [1.82, 2.24) is 0 Å². The van der Waals surface area contributed by atoms with Gasteiger partial charge in [0.2, 0.25) is 5.79 Å². The number of hydrogen-bond donors (Lipinski definition) is 2. The van der Waals surface area contributed by atoms with E-state index >= 15 is 0 Å². The van der Waals surface area contributed by atoms with Crippen molar-refractivity contribution < 1.29 is 34.0 Å². The van der Waals surface area contributed by atoms with Crippen molar-refractivity contribution in [3.05, 3.63) is 53.6 Å². The average molecular weight is 511 g/mol. The van der Waals surface area contributed by atoms with E-state index in [-0.39, 0.29) is 17.8 Å². The van der Waals surface area contributed by atoms with Crippen LogP contribution in [-0.4, -0.2) is 52.9 Å². The lowest BCUT2D eigenvalue weighted by molar-refractivity contribution is -0.332. The Balaban J connectivity index is 1.57. The molecule has 200 valence electrons. The number of esters is 2. The van der Waals surface area contributed by atoms with Gasteiger partial charge in [-0.15, -0.1) is 0 Å². The van der Waals surface area contributed by atoms with E-state index in [0.29, 0.717) is 18.4 Å². The molecule has 3 aliphatic carbocycles. The molecule has 8 atom stereocenters. The van der Waals surface area contributed by atoms with Gasteiger partial charge < -0.3 is 24.4 Å². The summed E-state index contributed by atoms with van der Waals surface area (Å²) >= 11 is 0. The highest BCUT2D eigenvalue weighted by atomic mass is 16.7. The lowest BCUT2D eigenvalue weighted by Crippen LogP contribution is -2.77. The molecule has 1 heterocycles. The number of fused-ring (bicyclic) bond motifs is 4. The van der Waals surface area contributed by atoms with Crippen molar-refractivity contribution in [3.63, 3.8) is 0 Å². The Kier molecular flexibility index (Phi) is 6.21. The molecule has 7 heteroatoms. The second-order valence-corrected chi connectivity index (χ2v) is 12.2. The number of carbonyl (C=O) groups is 2. The maximum atomic E-state index is 13.1. The fraction of sp³-hybridized carbons (Fsp3) is 0.600. The van der Waals surface area contributed by atoms with Gasteiger partial charge in [-0.3, -0.25) is 0 Å². The Morgan fingerprint density at radius 1 is 1.16 bits per heavy atom. The van der Waals surface area contributed by atoms with E-state index in [0.717, 1.165) is 18.4 Å². The molecule has 3 fully saturated rings. The highest BCUT2D eigenvalue weighted by Gasteiger charge is 2.75. The van der Waals surface area contributed by atoms with Gasteiger partial charge in [-0.05, 0) is 47.6 Å². The molecule has 4 aliphatic rings. The van der Waals surface area contributed by atoms with Crippen LogP contribution in [-0.2, 0) is 23.8 Å². The molecule has 0 amide bonds. The van der Waals surface area contributed by atoms with Gasteiger partial charge in [-0.2, -0.15) is 0 Å². The standard InChI is InChI=1S/C30H38O7/c1-18-20-16-23(32)37-29(20,35-5)17-21-24(18)25(33)26(30(34)27(2,3)14-9-15-28(21,30)4)36-22(31)13-12-19-10-7-6-8-11-19/h6-8,10-13,16,18,21,24-26,33-34H,9,14-15,17H2,1-5H3/t18-,21+,24+,25-,26-,28-,29+,30-/m1/s1. The van der Waals surface area contributed by atoms with Gasteiger partial charge in [0.25, 0.3) is 0 Å². The highest BCUT2D eigenvalue weighted by molar-refractivity contribution is 5.87. The molecule has 0 spiro atoms. The first kappa shape index (κ1) is 26.1. The van der Waals surface area contributed by atoms with Crippen LogP contribution in [0.4, 0.5) is 0 Å². The fourth-order valence-electron chi connectivity index (χ4n) is 8.26. The van der Waals surface area contributed by atoms with E-state index in [1.54, 1.807) is 6.08 Å². The summed E-state index contributed by atoms with van der Waals surface area (Å²) in [6.45, 7) is 7.96.